The molecule has 0 radical (unpaired) electrons. The number of benzene rings is 1. The summed E-state index contributed by atoms with van der Waals surface area (Å²) >= 11 is 0. The Balaban J connectivity index is 2.02. The van der Waals surface area contributed by atoms with Gasteiger partial charge in [0.05, 0.1) is 17.9 Å². The molecule has 1 saturated heterocycles. The fourth-order valence-electron chi connectivity index (χ4n) is 3.28. The van der Waals surface area contributed by atoms with Crippen molar-refractivity contribution in [1.29, 1.82) is 0 Å². The van der Waals surface area contributed by atoms with Gasteiger partial charge in [-0.25, -0.2) is 13.1 Å². The van der Waals surface area contributed by atoms with Crippen LogP contribution in [-0.4, -0.2) is 29.0 Å². The first-order valence-corrected chi connectivity index (χ1v) is 9.17. The Morgan fingerprint density at radius 2 is 1.96 bits per heavy atom. The van der Waals surface area contributed by atoms with E-state index in [0.29, 0.717) is 17.6 Å². The molecule has 0 aliphatic carbocycles. The number of aromatic nitrogens is 2. The molecular formula is C16H19F2N3O2S. The van der Waals surface area contributed by atoms with Crippen molar-refractivity contribution in [3.8, 4) is 0 Å². The monoisotopic (exact) mass is 355 g/mol. The summed E-state index contributed by atoms with van der Waals surface area (Å²) in [5.41, 5.74) is 1.93. The van der Waals surface area contributed by atoms with Gasteiger partial charge in [-0.15, -0.1) is 0 Å². The largest absolute Gasteiger partial charge is 0.333 e. The lowest BCUT2D eigenvalue weighted by atomic mass is 10.0. The Morgan fingerprint density at radius 1 is 1.25 bits per heavy atom. The van der Waals surface area contributed by atoms with Gasteiger partial charge in [0.1, 0.15) is 4.90 Å². The molecule has 130 valence electrons. The van der Waals surface area contributed by atoms with Crippen LogP contribution in [0.25, 0.3) is 0 Å². The lowest BCUT2D eigenvalue weighted by Gasteiger charge is -2.25. The maximum absolute atomic E-state index is 13.0. The van der Waals surface area contributed by atoms with E-state index in [1.165, 1.54) is 11.2 Å². The number of aryl methyl sites for hydroxylation is 1. The quantitative estimate of drug-likeness (QED) is 0.844. The van der Waals surface area contributed by atoms with Gasteiger partial charge < -0.3 is 0 Å². The molecule has 0 bridgehead atoms. The molecule has 8 heteroatoms. The van der Waals surface area contributed by atoms with Gasteiger partial charge in [-0.2, -0.15) is 18.2 Å². The van der Waals surface area contributed by atoms with E-state index < -0.39 is 16.6 Å². The highest BCUT2D eigenvalue weighted by Gasteiger charge is 2.38. The fraction of sp³-hybridized carbons (Fsp3) is 0.438. The van der Waals surface area contributed by atoms with E-state index in [2.05, 4.69) is 5.10 Å². The molecule has 2 heterocycles. The minimum Gasteiger partial charge on any atom is -0.207 e. The number of alkyl halides is 2. The van der Waals surface area contributed by atoms with Crippen LogP contribution in [0.2, 0.25) is 0 Å². The van der Waals surface area contributed by atoms with Gasteiger partial charge in [-0.1, -0.05) is 24.3 Å². The molecule has 1 atom stereocenters. The molecule has 3 rings (SSSR count). The van der Waals surface area contributed by atoms with Crippen molar-refractivity contribution in [2.45, 2.75) is 44.2 Å². The second-order valence-electron chi connectivity index (χ2n) is 5.95. The summed E-state index contributed by atoms with van der Waals surface area (Å²) in [7, 11) is -3.88. The highest BCUT2D eigenvalue weighted by molar-refractivity contribution is 7.89. The van der Waals surface area contributed by atoms with Gasteiger partial charge in [-0.3, -0.25) is 0 Å². The van der Waals surface area contributed by atoms with Crippen LogP contribution in [0.3, 0.4) is 0 Å². The van der Waals surface area contributed by atoms with E-state index in [1.807, 2.05) is 31.2 Å². The molecule has 1 aromatic heterocycles. The average Bonchev–Trinajstić information content (AvgIpc) is 3.14. The highest BCUT2D eigenvalue weighted by Crippen LogP contribution is 2.38. The Bertz CT molecular complexity index is 849. The van der Waals surface area contributed by atoms with E-state index in [4.69, 9.17) is 0 Å². The van der Waals surface area contributed by atoms with Crippen LogP contribution in [0.15, 0.2) is 35.4 Å². The maximum atomic E-state index is 13.0. The predicted molar refractivity (Wildman–Crippen MR) is 85.3 cm³/mol. The Morgan fingerprint density at radius 3 is 2.58 bits per heavy atom. The predicted octanol–water partition coefficient (Wildman–Crippen LogP) is 3.42. The summed E-state index contributed by atoms with van der Waals surface area (Å²) in [6.07, 6.45) is 2.47. The van der Waals surface area contributed by atoms with E-state index in [0.717, 1.165) is 23.7 Å². The van der Waals surface area contributed by atoms with Gasteiger partial charge in [-0.05, 0) is 37.8 Å². The number of hydrogen-bond donors (Lipinski definition) is 0. The van der Waals surface area contributed by atoms with Crippen LogP contribution in [-0.2, 0) is 10.0 Å². The van der Waals surface area contributed by atoms with Crippen molar-refractivity contribution in [3.05, 3.63) is 47.3 Å². The first kappa shape index (κ1) is 17.0. The highest BCUT2D eigenvalue weighted by atomic mass is 32.2. The normalized spacial score (nSPS) is 19.3. The molecule has 0 spiro atoms. The zero-order chi connectivity index (χ0) is 17.5. The van der Waals surface area contributed by atoms with Gasteiger partial charge in [0.25, 0.3) is 0 Å². The molecule has 0 N–H and O–H groups in total. The van der Waals surface area contributed by atoms with Crippen LogP contribution in [0.5, 0.6) is 0 Å². The van der Waals surface area contributed by atoms with E-state index in [9.17, 15) is 17.2 Å². The third-order valence-electron chi connectivity index (χ3n) is 4.52. The van der Waals surface area contributed by atoms with Crippen LogP contribution >= 0.6 is 0 Å². The molecule has 0 saturated carbocycles. The third kappa shape index (κ3) is 2.73. The van der Waals surface area contributed by atoms with Crippen molar-refractivity contribution in [2.75, 3.05) is 6.54 Å². The number of nitrogens with zero attached hydrogens (tertiary/aromatic N) is 3. The molecule has 1 fully saturated rings. The first-order valence-electron chi connectivity index (χ1n) is 7.73. The number of sulfonamides is 1. The van der Waals surface area contributed by atoms with Crippen molar-refractivity contribution >= 4 is 10.0 Å². The Kier molecular flexibility index (Phi) is 4.44. The summed E-state index contributed by atoms with van der Waals surface area (Å²) < 4.78 is 53.7. The summed E-state index contributed by atoms with van der Waals surface area (Å²) in [5, 5.41) is 3.53. The van der Waals surface area contributed by atoms with Crippen molar-refractivity contribution in [1.82, 2.24) is 14.1 Å². The molecule has 2 aromatic rings. The van der Waals surface area contributed by atoms with Crippen molar-refractivity contribution < 1.29 is 17.2 Å². The number of halogens is 2. The Labute approximate surface area is 139 Å². The minimum absolute atomic E-state index is 0.0413. The zero-order valence-electron chi connectivity index (χ0n) is 13.5. The van der Waals surface area contributed by atoms with Gasteiger partial charge in [0, 0.05) is 6.54 Å². The van der Waals surface area contributed by atoms with E-state index in [1.54, 1.807) is 0 Å². The SMILES string of the molecule is Cc1ccccc1[C@@H]1CCCN1S(=O)(=O)c1cnn(C(F)F)c1C. The molecule has 1 aromatic carbocycles. The summed E-state index contributed by atoms with van der Waals surface area (Å²) in [6.45, 7) is 0.809. The molecule has 1 aliphatic heterocycles. The third-order valence-corrected chi connectivity index (χ3v) is 6.53. The number of hydrogen-bond acceptors (Lipinski definition) is 3. The van der Waals surface area contributed by atoms with Gasteiger partial charge in [0.15, 0.2) is 0 Å². The van der Waals surface area contributed by atoms with E-state index >= 15 is 0 Å². The van der Waals surface area contributed by atoms with Gasteiger partial charge in [0.2, 0.25) is 10.0 Å². The molecular weight excluding hydrogens is 336 g/mol. The fourth-order valence-corrected chi connectivity index (χ4v) is 5.11. The number of rotatable bonds is 4. The zero-order valence-corrected chi connectivity index (χ0v) is 14.3. The maximum Gasteiger partial charge on any atom is 0.333 e. The standard InChI is InChI=1S/C16H19F2N3O2S/c1-11-6-3-4-7-13(11)14-8-5-9-20(14)24(22,23)15-10-19-21(12(15)2)16(17)18/h3-4,6-7,10,14,16H,5,8-9H2,1-2H3/t14-/m0/s1. The summed E-state index contributed by atoms with van der Waals surface area (Å²) in [5.74, 6) is 0. The molecule has 5 nitrogen and oxygen atoms in total. The van der Waals surface area contributed by atoms with Crippen LogP contribution in [0.4, 0.5) is 8.78 Å². The smallest absolute Gasteiger partial charge is 0.207 e. The van der Waals surface area contributed by atoms with Gasteiger partial charge >= 0.3 is 6.55 Å². The van der Waals surface area contributed by atoms with Crippen LogP contribution in [0, 0.1) is 13.8 Å². The lowest BCUT2D eigenvalue weighted by molar-refractivity contribution is 0.0541. The van der Waals surface area contributed by atoms with Crippen molar-refractivity contribution in [2.24, 2.45) is 0 Å². The lowest BCUT2D eigenvalue weighted by Crippen LogP contribution is -2.31. The molecule has 0 amide bonds. The topological polar surface area (TPSA) is 55.2 Å². The second kappa shape index (κ2) is 6.25. The van der Waals surface area contributed by atoms with Crippen molar-refractivity contribution in [3.63, 3.8) is 0 Å². The Hall–Kier alpha value is -1.80. The second-order valence-corrected chi connectivity index (χ2v) is 7.81. The summed E-state index contributed by atoms with van der Waals surface area (Å²) in [6, 6.07) is 7.38. The molecule has 0 unspecified atom stereocenters. The van der Waals surface area contributed by atoms with E-state index in [-0.39, 0.29) is 16.6 Å². The first-order chi connectivity index (χ1) is 11.3. The average molecular weight is 355 g/mol. The minimum atomic E-state index is -3.88. The summed E-state index contributed by atoms with van der Waals surface area (Å²) in [4.78, 5) is -0.150. The van der Waals surface area contributed by atoms with Crippen LogP contribution in [0.1, 0.15) is 42.3 Å². The van der Waals surface area contributed by atoms with Crippen LogP contribution < -0.4 is 0 Å². The molecule has 24 heavy (non-hydrogen) atoms. The molecule has 1 aliphatic rings.